The molecular formula is C7H5ClF2N4. The molecule has 4 nitrogen and oxygen atoms in total. The average Bonchev–Trinajstić information content (AvgIpc) is 2.48. The summed E-state index contributed by atoms with van der Waals surface area (Å²) in [6, 6.07) is 0. The van der Waals surface area contributed by atoms with Crippen LogP contribution in [0.5, 0.6) is 0 Å². The maximum Gasteiger partial charge on any atom is 0.297 e. The highest BCUT2D eigenvalue weighted by molar-refractivity contribution is 6.33. The molecule has 14 heavy (non-hydrogen) atoms. The lowest BCUT2D eigenvalue weighted by molar-refractivity contribution is 0.140. The van der Waals surface area contributed by atoms with Crippen LogP contribution in [0.15, 0.2) is 6.33 Å². The van der Waals surface area contributed by atoms with Gasteiger partial charge in [0, 0.05) is 7.05 Å². The first-order chi connectivity index (χ1) is 6.59. The van der Waals surface area contributed by atoms with Crippen LogP contribution in [0.4, 0.5) is 8.78 Å². The minimum absolute atomic E-state index is 0.00898. The van der Waals surface area contributed by atoms with Gasteiger partial charge in [0.15, 0.2) is 16.6 Å². The normalized spacial score (nSPS) is 11.5. The van der Waals surface area contributed by atoms with Crippen molar-refractivity contribution in [3.8, 4) is 0 Å². The summed E-state index contributed by atoms with van der Waals surface area (Å²) < 4.78 is 26.1. The average molecular weight is 219 g/mol. The first-order valence-corrected chi connectivity index (χ1v) is 4.10. The Morgan fingerprint density at radius 3 is 2.79 bits per heavy atom. The Balaban J connectivity index is 2.74. The fraction of sp³-hybridized carbons (Fsp3) is 0.286. The Bertz CT molecular complexity index is 482. The minimum Gasteiger partial charge on any atom is -0.330 e. The number of alkyl halides is 2. The fourth-order valence-electron chi connectivity index (χ4n) is 1.12. The molecule has 0 aliphatic heterocycles. The van der Waals surface area contributed by atoms with Gasteiger partial charge >= 0.3 is 0 Å². The Morgan fingerprint density at radius 2 is 2.14 bits per heavy atom. The largest absolute Gasteiger partial charge is 0.330 e. The van der Waals surface area contributed by atoms with E-state index in [1.54, 1.807) is 11.6 Å². The fourth-order valence-corrected chi connectivity index (χ4v) is 1.43. The van der Waals surface area contributed by atoms with E-state index < -0.39 is 12.2 Å². The summed E-state index contributed by atoms with van der Waals surface area (Å²) in [6.07, 6.45) is -1.29. The number of fused-ring (bicyclic) bond motifs is 1. The van der Waals surface area contributed by atoms with Crippen molar-refractivity contribution < 1.29 is 8.78 Å². The van der Waals surface area contributed by atoms with E-state index >= 15 is 0 Å². The van der Waals surface area contributed by atoms with E-state index in [0.717, 1.165) is 0 Å². The van der Waals surface area contributed by atoms with Crippen LogP contribution in [0, 0.1) is 0 Å². The van der Waals surface area contributed by atoms with Crippen LogP contribution in [0.1, 0.15) is 12.2 Å². The molecule has 2 rings (SSSR count). The zero-order valence-electron chi connectivity index (χ0n) is 7.08. The lowest BCUT2D eigenvalue weighted by atomic mass is 10.5. The number of hydrogen-bond donors (Lipinski definition) is 0. The smallest absolute Gasteiger partial charge is 0.297 e. The summed E-state index contributed by atoms with van der Waals surface area (Å²) in [6.45, 7) is 0. The lowest BCUT2D eigenvalue weighted by Gasteiger charge is -2.00. The maximum atomic E-state index is 12.3. The Morgan fingerprint density at radius 1 is 1.43 bits per heavy atom. The summed E-state index contributed by atoms with van der Waals surface area (Å²) in [4.78, 5) is 10.9. The molecule has 0 bridgehead atoms. The molecule has 74 valence electrons. The van der Waals surface area contributed by atoms with Gasteiger partial charge < -0.3 is 4.57 Å². The van der Waals surface area contributed by atoms with E-state index in [2.05, 4.69) is 15.0 Å². The first-order valence-electron chi connectivity index (χ1n) is 3.72. The van der Waals surface area contributed by atoms with E-state index in [9.17, 15) is 8.78 Å². The number of hydrogen-bond acceptors (Lipinski definition) is 3. The molecule has 0 atom stereocenters. The molecule has 0 aromatic carbocycles. The lowest BCUT2D eigenvalue weighted by Crippen LogP contribution is -1.98. The van der Waals surface area contributed by atoms with Crippen LogP contribution < -0.4 is 0 Å². The molecule has 0 unspecified atom stereocenters. The molecular weight excluding hydrogens is 214 g/mol. The Hall–Kier alpha value is -1.30. The van der Waals surface area contributed by atoms with E-state index in [4.69, 9.17) is 11.6 Å². The van der Waals surface area contributed by atoms with Crippen LogP contribution in [0.25, 0.3) is 11.2 Å². The van der Waals surface area contributed by atoms with Gasteiger partial charge in [-0.3, -0.25) is 0 Å². The van der Waals surface area contributed by atoms with E-state index in [0.29, 0.717) is 5.52 Å². The minimum atomic E-state index is -2.74. The monoisotopic (exact) mass is 218 g/mol. The van der Waals surface area contributed by atoms with Crippen LogP contribution in [0.3, 0.4) is 0 Å². The van der Waals surface area contributed by atoms with Gasteiger partial charge in [0.1, 0.15) is 5.52 Å². The maximum absolute atomic E-state index is 12.3. The summed E-state index contributed by atoms with van der Waals surface area (Å²) in [5.74, 6) is -0.596. The molecule has 0 amide bonds. The van der Waals surface area contributed by atoms with Gasteiger partial charge in [0.05, 0.1) is 6.33 Å². The predicted octanol–water partition coefficient (Wildman–Crippen LogP) is 1.95. The molecule has 0 aliphatic carbocycles. The van der Waals surface area contributed by atoms with Crippen molar-refractivity contribution in [2.24, 2.45) is 7.05 Å². The number of rotatable bonds is 1. The number of nitrogens with zero attached hydrogens (tertiary/aromatic N) is 4. The second kappa shape index (κ2) is 3.13. The summed E-state index contributed by atoms with van der Waals surface area (Å²) in [5.41, 5.74) is 0.638. The number of aromatic nitrogens is 4. The highest BCUT2D eigenvalue weighted by Gasteiger charge is 2.16. The predicted molar refractivity (Wildman–Crippen MR) is 46.3 cm³/mol. The molecule has 0 fully saturated rings. The van der Waals surface area contributed by atoms with Crippen molar-refractivity contribution in [2.75, 3.05) is 0 Å². The molecule has 2 aromatic heterocycles. The zero-order valence-corrected chi connectivity index (χ0v) is 7.83. The number of imidazole rings is 1. The topological polar surface area (TPSA) is 43.6 Å². The Labute approximate surface area is 82.6 Å². The second-order valence-corrected chi connectivity index (χ2v) is 3.06. The van der Waals surface area contributed by atoms with E-state index in [-0.39, 0.29) is 10.8 Å². The quantitative estimate of drug-likeness (QED) is 0.688. The molecule has 2 heterocycles. The van der Waals surface area contributed by atoms with E-state index in [1.807, 2.05) is 0 Å². The third kappa shape index (κ3) is 1.31. The van der Waals surface area contributed by atoms with Gasteiger partial charge in [-0.05, 0) is 0 Å². The van der Waals surface area contributed by atoms with Crippen molar-refractivity contribution in [1.82, 2.24) is 19.5 Å². The molecule has 2 aromatic rings. The molecule has 0 saturated heterocycles. The van der Waals surface area contributed by atoms with E-state index in [1.165, 1.54) is 6.33 Å². The van der Waals surface area contributed by atoms with Crippen LogP contribution in [0.2, 0.25) is 5.15 Å². The SMILES string of the molecule is Cn1cnc2nc(C(F)F)nc(Cl)c21. The molecule has 0 radical (unpaired) electrons. The third-order valence-electron chi connectivity index (χ3n) is 1.74. The second-order valence-electron chi connectivity index (χ2n) is 2.70. The molecule has 0 spiro atoms. The van der Waals surface area contributed by atoms with Gasteiger partial charge in [0.2, 0.25) is 0 Å². The van der Waals surface area contributed by atoms with Crippen molar-refractivity contribution in [1.29, 1.82) is 0 Å². The van der Waals surface area contributed by atoms with Gasteiger partial charge in [-0.25, -0.2) is 23.7 Å². The Kier molecular flexibility index (Phi) is 2.07. The summed E-state index contributed by atoms with van der Waals surface area (Å²) in [7, 11) is 1.69. The van der Waals surface area contributed by atoms with Gasteiger partial charge in [-0.2, -0.15) is 0 Å². The zero-order chi connectivity index (χ0) is 10.3. The van der Waals surface area contributed by atoms with Crippen molar-refractivity contribution in [3.63, 3.8) is 0 Å². The van der Waals surface area contributed by atoms with Crippen LogP contribution in [-0.2, 0) is 7.05 Å². The highest BCUT2D eigenvalue weighted by atomic mass is 35.5. The molecule has 0 saturated carbocycles. The summed E-state index contributed by atoms with van der Waals surface area (Å²) in [5, 5.41) is -0.00898. The standard InChI is InChI=1S/C7H5ClF2N4/c1-14-2-11-6-3(14)4(8)12-7(13-6)5(9)10/h2,5H,1H3. The first kappa shape index (κ1) is 9.26. The van der Waals surface area contributed by atoms with Crippen molar-refractivity contribution >= 4 is 22.8 Å². The van der Waals surface area contributed by atoms with Crippen molar-refractivity contribution in [3.05, 3.63) is 17.3 Å². The molecule has 0 N–H and O–H groups in total. The van der Waals surface area contributed by atoms with Gasteiger partial charge in [0.25, 0.3) is 6.43 Å². The van der Waals surface area contributed by atoms with Crippen LogP contribution >= 0.6 is 11.6 Å². The molecule has 0 aliphatic rings. The van der Waals surface area contributed by atoms with Crippen molar-refractivity contribution in [2.45, 2.75) is 6.43 Å². The van der Waals surface area contributed by atoms with Crippen LogP contribution in [-0.4, -0.2) is 19.5 Å². The highest BCUT2D eigenvalue weighted by Crippen LogP contribution is 2.22. The van der Waals surface area contributed by atoms with Gasteiger partial charge in [-0.1, -0.05) is 11.6 Å². The third-order valence-corrected chi connectivity index (χ3v) is 2.01. The number of halogens is 3. The van der Waals surface area contributed by atoms with Gasteiger partial charge in [-0.15, -0.1) is 0 Å². The number of aryl methyl sites for hydroxylation is 1. The summed E-state index contributed by atoms with van der Waals surface area (Å²) >= 11 is 5.71. The molecule has 7 heteroatoms.